The Labute approximate surface area is 263 Å². The lowest BCUT2D eigenvalue weighted by molar-refractivity contribution is 0.0356. The van der Waals surface area contributed by atoms with Gasteiger partial charge in [0.1, 0.15) is 24.7 Å². The van der Waals surface area contributed by atoms with E-state index in [1.165, 1.54) is 31.2 Å². The predicted molar refractivity (Wildman–Crippen MR) is 174 cm³/mol. The van der Waals surface area contributed by atoms with E-state index in [2.05, 4.69) is 56.1 Å². The van der Waals surface area contributed by atoms with E-state index >= 15 is 0 Å². The minimum atomic E-state index is 0.0973. The zero-order chi connectivity index (χ0) is 30.0. The molecule has 0 atom stereocenters. The third-order valence-corrected chi connectivity index (χ3v) is 9.80. The zero-order valence-corrected chi connectivity index (χ0v) is 26.2. The highest BCUT2D eigenvalue weighted by Gasteiger charge is 2.38. The topological polar surface area (TPSA) is 58.1 Å². The van der Waals surface area contributed by atoms with E-state index in [-0.39, 0.29) is 11.3 Å². The van der Waals surface area contributed by atoms with Crippen molar-refractivity contribution in [3.63, 3.8) is 0 Å². The number of benzene rings is 2. The molecule has 4 heterocycles. The number of para-hydroxylation sites is 2. The molecular formula is C37H48N4O3. The highest BCUT2D eigenvalue weighted by atomic mass is 16.5. The molecule has 3 aromatic rings. The van der Waals surface area contributed by atoms with Crippen molar-refractivity contribution < 1.29 is 14.3 Å². The molecule has 234 valence electrons. The van der Waals surface area contributed by atoms with Gasteiger partial charge < -0.3 is 14.4 Å². The number of carbonyl (C=O) groups is 1. The van der Waals surface area contributed by atoms with Crippen molar-refractivity contribution in [3.05, 3.63) is 89.7 Å². The van der Waals surface area contributed by atoms with Crippen LogP contribution in [0.25, 0.3) is 0 Å². The van der Waals surface area contributed by atoms with Crippen molar-refractivity contribution in [3.8, 4) is 11.5 Å². The van der Waals surface area contributed by atoms with Gasteiger partial charge >= 0.3 is 0 Å². The fourth-order valence-corrected chi connectivity index (χ4v) is 7.26. The standard InChI is InChI=1S/C37H48N4O3/c42-36(33-14-2-4-16-35(33)44-27-25-39-21-9-10-22-39)41-23-18-37(19-24-41)17-7-5-12-31-11-1-3-15-34(31)43-28-26-40(30-37)29-32-13-6-8-20-38-32/h1-4,6,8,11,13-16,20H,5,7,9-10,12,17-19,21-30H2. The van der Waals surface area contributed by atoms with Gasteiger partial charge in [-0.1, -0.05) is 42.8 Å². The van der Waals surface area contributed by atoms with Crippen molar-refractivity contribution in [2.75, 3.05) is 59.0 Å². The van der Waals surface area contributed by atoms with Crippen LogP contribution in [0.4, 0.5) is 0 Å². The van der Waals surface area contributed by atoms with Crippen LogP contribution in [0.2, 0.25) is 0 Å². The van der Waals surface area contributed by atoms with Gasteiger partial charge in [0, 0.05) is 45.5 Å². The van der Waals surface area contributed by atoms with Crippen molar-refractivity contribution >= 4 is 5.91 Å². The Morgan fingerprint density at radius 1 is 0.818 bits per heavy atom. The van der Waals surface area contributed by atoms with Crippen molar-refractivity contribution in [2.24, 2.45) is 5.41 Å². The molecule has 7 nitrogen and oxygen atoms in total. The molecule has 3 aliphatic heterocycles. The van der Waals surface area contributed by atoms with Crippen LogP contribution in [0.5, 0.6) is 11.5 Å². The Balaban J connectivity index is 1.13. The molecule has 1 amide bonds. The molecule has 0 bridgehead atoms. The minimum absolute atomic E-state index is 0.0973. The predicted octanol–water partition coefficient (Wildman–Crippen LogP) is 6.09. The smallest absolute Gasteiger partial charge is 0.257 e. The van der Waals surface area contributed by atoms with Gasteiger partial charge in [-0.25, -0.2) is 0 Å². The summed E-state index contributed by atoms with van der Waals surface area (Å²) in [5.74, 6) is 1.83. The summed E-state index contributed by atoms with van der Waals surface area (Å²) in [6.45, 7) is 8.68. The van der Waals surface area contributed by atoms with Gasteiger partial charge in [-0.15, -0.1) is 0 Å². The lowest BCUT2D eigenvalue weighted by atomic mass is 9.73. The van der Waals surface area contributed by atoms with Crippen LogP contribution < -0.4 is 9.47 Å². The van der Waals surface area contributed by atoms with E-state index < -0.39 is 0 Å². The molecular weight excluding hydrogens is 548 g/mol. The second-order valence-electron chi connectivity index (χ2n) is 12.9. The average molecular weight is 597 g/mol. The maximum atomic E-state index is 13.8. The highest BCUT2D eigenvalue weighted by molar-refractivity contribution is 5.97. The first-order valence-electron chi connectivity index (χ1n) is 16.7. The number of pyridine rings is 1. The first-order valence-corrected chi connectivity index (χ1v) is 16.7. The van der Waals surface area contributed by atoms with Crippen LogP contribution in [-0.4, -0.2) is 84.6 Å². The fourth-order valence-electron chi connectivity index (χ4n) is 7.26. The number of amides is 1. The van der Waals surface area contributed by atoms with Crippen LogP contribution in [0.3, 0.4) is 0 Å². The van der Waals surface area contributed by atoms with Crippen LogP contribution >= 0.6 is 0 Å². The fraction of sp³-hybridized carbons (Fsp3) is 0.514. The summed E-state index contributed by atoms with van der Waals surface area (Å²) < 4.78 is 12.5. The summed E-state index contributed by atoms with van der Waals surface area (Å²) in [5, 5.41) is 0. The third-order valence-electron chi connectivity index (χ3n) is 9.80. The summed E-state index contributed by atoms with van der Waals surface area (Å²) in [7, 11) is 0. The van der Waals surface area contributed by atoms with Crippen LogP contribution in [0, 0.1) is 5.41 Å². The number of aromatic nitrogens is 1. The zero-order valence-electron chi connectivity index (χ0n) is 26.2. The molecule has 2 saturated heterocycles. The largest absolute Gasteiger partial charge is 0.492 e. The number of likely N-dealkylation sites (tertiary alicyclic amines) is 2. The van der Waals surface area contributed by atoms with Crippen LogP contribution in [0.1, 0.15) is 66.6 Å². The molecule has 6 rings (SSSR count). The van der Waals surface area contributed by atoms with Gasteiger partial charge in [0.05, 0.1) is 11.3 Å². The Hall–Kier alpha value is -3.42. The van der Waals surface area contributed by atoms with Crippen LogP contribution in [-0.2, 0) is 13.0 Å². The van der Waals surface area contributed by atoms with Crippen molar-refractivity contribution in [1.82, 2.24) is 19.7 Å². The van der Waals surface area contributed by atoms with E-state index in [1.54, 1.807) is 0 Å². The Kier molecular flexibility index (Phi) is 10.5. The molecule has 2 fully saturated rings. The SMILES string of the molecule is O=C(c1ccccc1OCCN1CCCC1)N1CCC2(CCCCc3ccccc3OCCN(Cc3ccccn3)C2)CC1. The summed E-state index contributed by atoms with van der Waals surface area (Å²) in [4.78, 5) is 25.5. The van der Waals surface area contributed by atoms with Crippen molar-refractivity contribution in [1.29, 1.82) is 0 Å². The first-order chi connectivity index (χ1) is 21.7. The second-order valence-corrected chi connectivity index (χ2v) is 12.9. The molecule has 1 spiro atoms. The first kappa shape index (κ1) is 30.6. The molecule has 0 aliphatic carbocycles. The number of piperidine rings is 1. The van der Waals surface area contributed by atoms with Crippen molar-refractivity contribution in [2.45, 2.75) is 57.9 Å². The van der Waals surface area contributed by atoms with Gasteiger partial charge in [-0.2, -0.15) is 0 Å². The summed E-state index contributed by atoms with van der Waals surface area (Å²) >= 11 is 0. The monoisotopic (exact) mass is 596 g/mol. The average Bonchev–Trinajstić information content (AvgIpc) is 3.58. The quantitative estimate of drug-likeness (QED) is 0.329. The lowest BCUT2D eigenvalue weighted by Crippen LogP contribution is -2.48. The number of hydrogen-bond donors (Lipinski definition) is 0. The molecule has 0 radical (unpaired) electrons. The molecule has 44 heavy (non-hydrogen) atoms. The number of carbonyl (C=O) groups excluding carboxylic acids is 1. The Bertz CT molecular complexity index is 1340. The summed E-state index contributed by atoms with van der Waals surface area (Å²) in [6, 6.07) is 22.5. The van der Waals surface area contributed by atoms with E-state index in [0.29, 0.717) is 24.5 Å². The number of fused-ring (bicyclic) bond motifs is 1. The van der Waals surface area contributed by atoms with E-state index in [4.69, 9.17) is 9.47 Å². The number of hydrogen-bond acceptors (Lipinski definition) is 6. The highest BCUT2D eigenvalue weighted by Crippen LogP contribution is 2.39. The summed E-state index contributed by atoms with van der Waals surface area (Å²) in [5.41, 5.74) is 3.25. The molecule has 3 aliphatic rings. The Morgan fingerprint density at radius 3 is 2.45 bits per heavy atom. The van der Waals surface area contributed by atoms with Gasteiger partial charge in [0.2, 0.25) is 0 Å². The number of aryl methyl sites for hydroxylation is 1. The molecule has 2 aromatic carbocycles. The van der Waals surface area contributed by atoms with E-state index in [0.717, 1.165) is 89.5 Å². The van der Waals surface area contributed by atoms with Gasteiger partial charge in [-0.05, 0) is 99.3 Å². The van der Waals surface area contributed by atoms with Crippen LogP contribution in [0.15, 0.2) is 72.9 Å². The van der Waals surface area contributed by atoms with Gasteiger partial charge in [0.15, 0.2) is 0 Å². The molecule has 0 unspecified atom stereocenters. The molecule has 7 heteroatoms. The van der Waals surface area contributed by atoms with Gasteiger partial charge in [0.25, 0.3) is 5.91 Å². The normalized spacial score (nSPS) is 19.9. The molecule has 0 saturated carbocycles. The third kappa shape index (κ3) is 7.99. The molecule has 0 N–H and O–H groups in total. The number of ether oxygens (including phenoxy) is 2. The van der Waals surface area contributed by atoms with E-state index in [9.17, 15) is 4.79 Å². The maximum Gasteiger partial charge on any atom is 0.257 e. The summed E-state index contributed by atoms with van der Waals surface area (Å²) in [6.07, 6.45) is 11.0. The lowest BCUT2D eigenvalue weighted by Gasteiger charge is -2.45. The van der Waals surface area contributed by atoms with E-state index in [1.807, 2.05) is 36.5 Å². The number of rotatable bonds is 7. The molecule has 1 aromatic heterocycles. The number of nitrogens with zero attached hydrogens (tertiary/aromatic N) is 4. The maximum absolute atomic E-state index is 13.8. The second kappa shape index (κ2) is 15.0. The Morgan fingerprint density at radius 2 is 1.61 bits per heavy atom. The minimum Gasteiger partial charge on any atom is -0.492 e. The van der Waals surface area contributed by atoms with Gasteiger partial charge in [-0.3, -0.25) is 19.6 Å².